The van der Waals surface area contributed by atoms with Crippen LogP contribution in [0.15, 0.2) is 0 Å². The van der Waals surface area contributed by atoms with Gasteiger partial charge in [-0.2, -0.15) is 4.31 Å². The van der Waals surface area contributed by atoms with Crippen LogP contribution in [-0.2, 0) is 19.5 Å². The predicted octanol–water partition coefficient (Wildman–Crippen LogP) is -0.888. The van der Waals surface area contributed by atoms with E-state index in [1.54, 1.807) is 0 Å². The van der Waals surface area contributed by atoms with Crippen molar-refractivity contribution in [1.82, 2.24) is 4.31 Å². The van der Waals surface area contributed by atoms with E-state index in [-0.39, 0.29) is 11.9 Å². The minimum Gasteiger partial charge on any atom is -0.381 e. The fourth-order valence-electron chi connectivity index (χ4n) is 2.09. The summed E-state index contributed by atoms with van der Waals surface area (Å²) in [5.41, 5.74) is 5.76. The van der Waals surface area contributed by atoms with Gasteiger partial charge in [0.2, 0.25) is 10.0 Å². The highest BCUT2D eigenvalue weighted by molar-refractivity contribution is 7.89. The second-order valence-electron chi connectivity index (χ2n) is 4.11. The van der Waals surface area contributed by atoms with Crippen LogP contribution in [0.5, 0.6) is 0 Å². The third kappa shape index (κ3) is 2.38. The largest absolute Gasteiger partial charge is 0.381 e. The summed E-state index contributed by atoms with van der Waals surface area (Å²) in [5.74, 6) is 0. The SMILES string of the molecule is NC1COCCN1S(=O)(=O)C1CCOCC1. The van der Waals surface area contributed by atoms with Crippen LogP contribution >= 0.6 is 0 Å². The molecule has 0 amide bonds. The average molecular weight is 250 g/mol. The lowest BCUT2D eigenvalue weighted by molar-refractivity contribution is 0.0330. The molecule has 2 rings (SSSR count). The number of morpholine rings is 1. The second-order valence-corrected chi connectivity index (χ2v) is 6.28. The number of hydrogen-bond donors (Lipinski definition) is 1. The Labute approximate surface area is 95.7 Å². The van der Waals surface area contributed by atoms with E-state index < -0.39 is 16.2 Å². The van der Waals surface area contributed by atoms with Crippen LogP contribution in [-0.4, -0.2) is 57.1 Å². The summed E-state index contributed by atoms with van der Waals surface area (Å²) in [6, 6.07) is 0. The minimum absolute atomic E-state index is 0.280. The van der Waals surface area contributed by atoms with Gasteiger partial charge in [0, 0.05) is 19.8 Å². The van der Waals surface area contributed by atoms with Crippen molar-refractivity contribution >= 4 is 10.0 Å². The highest BCUT2D eigenvalue weighted by Gasteiger charge is 2.37. The molecule has 0 aromatic heterocycles. The van der Waals surface area contributed by atoms with Gasteiger partial charge in [-0.15, -0.1) is 0 Å². The van der Waals surface area contributed by atoms with Crippen LogP contribution in [0.25, 0.3) is 0 Å². The van der Waals surface area contributed by atoms with E-state index >= 15 is 0 Å². The lowest BCUT2D eigenvalue weighted by Gasteiger charge is -2.35. The monoisotopic (exact) mass is 250 g/mol. The van der Waals surface area contributed by atoms with E-state index in [1.165, 1.54) is 4.31 Å². The van der Waals surface area contributed by atoms with Crippen LogP contribution in [0.2, 0.25) is 0 Å². The lowest BCUT2D eigenvalue weighted by Crippen LogP contribution is -2.56. The standard InChI is InChI=1S/C9H18N2O4S/c10-9-7-15-6-3-11(9)16(12,13)8-1-4-14-5-2-8/h8-9H,1-7,10H2. The number of hydrogen-bond acceptors (Lipinski definition) is 5. The highest BCUT2D eigenvalue weighted by atomic mass is 32.2. The van der Waals surface area contributed by atoms with Gasteiger partial charge in [0.25, 0.3) is 0 Å². The van der Waals surface area contributed by atoms with Gasteiger partial charge in [-0.25, -0.2) is 8.42 Å². The quantitative estimate of drug-likeness (QED) is 0.687. The maximum absolute atomic E-state index is 12.3. The van der Waals surface area contributed by atoms with Crippen LogP contribution in [0.3, 0.4) is 0 Å². The summed E-state index contributed by atoms with van der Waals surface area (Å²) in [4.78, 5) is 0. The summed E-state index contributed by atoms with van der Waals surface area (Å²) in [6.45, 7) is 2.10. The van der Waals surface area contributed by atoms with Gasteiger partial charge in [-0.3, -0.25) is 0 Å². The number of nitrogens with two attached hydrogens (primary N) is 1. The van der Waals surface area contributed by atoms with Gasteiger partial charge in [0.15, 0.2) is 0 Å². The van der Waals surface area contributed by atoms with E-state index in [4.69, 9.17) is 15.2 Å². The van der Waals surface area contributed by atoms with Crippen LogP contribution in [0.4, 0.5) is 0 Å². The van der Waals surface area contributed by atoms with Crippen molar-refractivity contribution in [2.24, 2.45) is 5.73 Å². The molecule has 1 atom stereocenters. The van der Waals surface area contributed by atoms with Crippen molar-refractivity contribution in [1.29, 1.82) is 0 Å². The highest BCUT2D eigenvalue weighted by Crippen LogP contribution is 2.21. The number of sulfonamides is 1. The number of ether oxygens (including phenoxy) is 2. The summed E-state index contributed by atoms with van der Waals surface area (Å²) in [6.07, 6.45) is 0.584. The number of rotatable bonds is 2. The first kappa shape index (κ1) is 12.3. The predicted molar refractivity (Wildman–Crippen MR) is 58.3 cm³/mol. The van der Waals surface area contributed by atoms with Crippen LogP contribution in [0.1, 0.15) is 12.8 Å². The molecule has 2 saturated heterocycles. The Morgan fingerprint density at radius 2 is 1.81 bits per heavy atom. The molecule has 0 aliphatic carbocycles. The van der Waals surface area contributed by atoms with Crippen molar-refractivity contribution in [3.05, 3.63) is 0 Å². The molecule has 0 spiro atoms. The molecule has 7 heteroatoms. The summed E-state index contributed by atoms with van der Waals surface area (Å²) >= 11 is 0. The molecule has 0 saturated carbocycles. The van der Waals surface area contributed by atoms with E-state index in [9.17, 15) is 8.42 Å². The zero-order valence-corrected chi connectivity index (χ0v) is 9.99. The van der Waals surface area contributed by atoms with Crippen LogP contribution in [0, 0.1) is 0 Å². The minimum atomic E-state index is -3.29. The van der Waals surface area contributed by atoms with Gasteiger partial charge in [0.1, 0.15) is 0 Å². The van der Waals surface area contributed by atoms with E-state index in [0.717, 1.165) is 0 Å². The maximum atomic E-state index is 12.3. The molecule has 94 valence electrons. The molecular formula is C9H18N2O4S. The summed E-state index contributed by atoms with van der Waals surface area (Å²) < 4.78 is 36.3. The molecular weight excluding hydrogens is 232 g/mol. The molecule has 2 N–H and O–H groups in total. The van der Waals surface area contributed by atoms with Crippen molar-refractivity contribution in [3.8, 4) is 0 Å². The molecule has 2 fully saturated rings. The smallest absolute Gasteiger partial charge is 0.218 e. The molecule has 2 aliphatic rings. The summed E-state index contributed by atoms with van der Waals surface area (Å²) in [5, 5.41) is -0.342. The first-order valence-electron chi connectivity index (χ1n) is 5.54. The van der Waals surface area contributed by atoms with Crippen molar-refractivity contribution in [2.75, 3.05) is 33.0 Å². The van der Waals surface area contributed by atoms with Gasteiger partial charge < -0.3 is 15.2 Å². The first-order valence-corrected chi connectivity index (χ1v) is 7.04. The molecule has 0 aromatic rings. The van der Waals surface area contributed by atoms with Crippen molar-refractivity contribution < 1.29 is 17.9 Å². The number of nitrogens with zero attached hydrogens (tertiary/aromatic N) is 1. The van der Waals surface area contributed by atoms with Gasteiger partial charge >= 0.3 is 0 Å². The Balaban J connectivity index is 2.10. The second kappa shape index (κ2) is 4.97. The van der Waals surface area contributed by atoms with Gasteiger partial charge in [-0.1, -0.05) is 0 Å². The van der Waals surface area contributed by atoms with Crippen molar-refractivity contribution in [2.45, 2.75) is 24.3 Å². The Morgan fingerprint density at radius 1 is 1.12 bits per heavy atom. The molecule has 6 nitrogen and oxygen atoms in total. The van der Waals surface area contributed by atoms with Crippen molar-refractivity contribution in [3.63, 3.8) is 0 Å². The Morgan fingerprint density at radius 3 is 2.44 bits per heavy atom. The molecule has 0 radical (unpaired) electrons. The molecule has 2 heterocycles. The van der Waals surface area contributed by atoms with Gasteiger partial charge in [-0.05, 0) is 12.8 Å². The van der Waals surface area contributed by atoms with E-state index in [2.05, 4.69) is 0 Å². The zero-order chi connectivity index (χ0) is 11.6. The Bertz CT molecular complexity index is 326. The zero-order valence-electron chi connectivity index (χ0n) is 9.17. The molecule has 0 aromatic carbocycles. The normalized spacial score (nSPS) is 30.4. The van der Waals surface area contributed by atoms with Gasteiger partial charge in [0.05, 0.1) is 24.6 Å². The average Bonchev–Trinajstić information content (AvgIpc) is 2.30. The van der Waals surface area contributed by atoms with Crippen LogP contribution < -0.4 is 5.73 Å². The fourth-order valence-corrected chi connectivity index (χ4v) is 4.03. The Hall–Kier alpha value is -0.210. The third-order valence-electron chi connectivity index (χ3n) is 3.03. The fraction of sp³-hybridized carbons (Fsp3) is 1.00. The molecule has 1 unspecified atom stereocenters. The molecule has 16 heavy (non-hydrogen) atoms. The third-order valence-corrected chi connectivity index (χ3v) is 5.45. The first-order chi connectivity index (χ1) is 7.62. The lowest BCUT2D eigenvalue weighted by atomic mass is 10.2. The molecule has 0 bridgehead atoms. The van der Waals surface area contributed by atoms with E-state index in [0.29, 0.717) is 39.2 Å². The van der Waals surface area contributed by atoms with E-state index in [1.807, 2.05) is 0 Å². The molecule has 2 aliphatic heterocycles. The Kier molecular flexibility index (Phi) is 3.81. The maximum Gasteiger partial charge on any atom is 0.218 e. The topological polar surface area (TPSA) is 81.9 Å². The summed E-state index contributed by atoms with van der Waals surface area (Å²) in [7, 11) is -3.29.